The monoisotopic (exact) mass is 409 g/mol. The molecule has 144 valence electrons. The second-order valence-electron chi connectivity index (χ2n) is 6.68. The van der Waals surface area contributed by atoms with E-state index in [4.69, 9.17) is 23.2 Å². The first-order valence-electron chi connectivity index (χ1n) is 8.90. The smallest absolute Gasteiger partial charge is 0.238 e. The fourth-order valence-electron chi connectivity index (χ4n) is 3.30. The summed E-state index contributed by atoms with van der Waals surface area (Å²) < 4.78 is 13.1. The van der Waals surface area contributed by atoms with Crippen LogP contribution in [0.25, 0.3) is 0 Å². The van der Waals surface area contributed by atoms with Crippen LogP contribution in [0.4, 0.5) is 10.1 Å². The van der Waals surface area contributed by atoms with Crippen molar-refractivity contribution in [1.82, 2.24) is 9.80 Å². The lowest BCUT2D eigenvalue weighted by Gasteiger charge is -2.38. The number of benzene rings is 2. The highest BCUT2D eigenvalue weighted by Crippen LogP contribution is 2.28. The van der Waals surface area contributed by atoms with Gasteiger partial charge in [-0.05, 0) is 36.8 Å². The number of carbonyl (C=O) groups is 1. The molecule has 0 bridgehead atoms. The number of carbonyl (C=O) groups excluding carboxylic acids is 1. The molecule has 3 rings (SSSR count). The Balaban J connectivity index is 1.50. The molecule has 1 unspecified atom stereocenters. The lowest BCUT2D eigenvalue weighted by Crippen LogP contribution is -2.49. The van der Waals surface area contributed by atoms with Gasteiger partial charge in [0.2, 0.25) is 5.91 Å². The minimum atomic E-state index is -0.429. The standard InChI is InChI=1S/C20H22Cl2FN3O/c1-14(16-4-2-3-5-17(16)21)26-10-8-25(9-11-26)13-20(27)24-19-7-6-15(23)12-18(19)22/h2-7,12,14H,8-11,13H2,1H3,(H,24,27). The number of nitrogens with zero attached hydrogens (tertiary/aromatic N) is 2. The predicted molar refractivity (Wildman–Crippen MR) is 108 cm³/mol. The molecule has 4 nitrogen and oxygen atoms in total. The van der Waals surface area contributed by atoms with Gasteiger partial charge in [0, 0.05) is 37.2 Å². The van der Waals surface area contributed by atoms with Crippen molar-refractivity contribution in [2.24, 2.45) is 0 Å². The molecule has 2 aromatic rings. The van der Waals surface area contributed by atoms with E-state index in [1.807, 2.05) is 18.2 Å². The van der Waals surface area contributed by atoms with E-state index in [9.17, 15) is 9.18 Å². The van der Waals surface area contributed by atoms with Gasteiger partial charge in [-0.15, -0.1) is 0 Å². The van der Waals surface area contributed by atoms with Gasteiger partial charge in [0.15, 0.2) is 0 Å². The normalized spacial score (nSPS) is 16.9. The van der Waals surface area contributed by atoms with Crippen LogP contribution in [-0.2, 0) is 4.79 Å². The third-order valence-corrected chi connectivity index (χ3v) is 5.54. The lowest BCUT2D eigenvalue weighted by molar-refractivity contribution is -0.117. The van der Waals surface area contributed by atoms with Crippen molar-refractivity contribution < 1.29 is 9.18 Å². The fourth-order valence-corrected chi connectivity index (χ4v) is 3.81. The predicted octanol–water partition coefficient (Wildman–Crippen LogP) is 4.45. The van der Waals surface area contributed by atoms with Gasteiger partial charge < -0.3 is 5.32 Å². The molecule has 7 heteroatoms. The minimum Gasteiger partial charge on any atom is -0.324 e. The van der Waals surface area contributed by atoms with Crippen LogP contribution in [0, 0.1) is 5.82 Å². The van der Waals surface area contributed by atoms with Crippen molar-refractivity contribution >= 4 is 34.8 Å². The molecule has 1 amide bonds. The van der Waals surface area contributed by atoms with Crippen molar-refractivity contribution in [3.63, 3.8) is 0 Å². The summed E-state index contributed by atoms with van der Waals surface area (Å²) in [6.45, 7) is 5.73. The third kappa shape index (κ3) is 5.20. The Hall–Kier alpha value is -1.66. The number of amides is 1. The first-order chi connectivity index (χ1) is 12.9. The van der Waals surface area contributed by atoms with Gasteiger partial charge in [0.25, 0.3) is 0 Å². The molecule has 0 radical (unpaired) electrons. The SMILES string of the molecule is CC(c1ccccc1Cl)N1CCN(CC(=O)Nc2ccc(F)cc2Cl)CC1. The molecular formula is C20H22Cl2FN3O. The number of anilines is 1. The molecule has 1 heterocycles. The topological polar surface area (TPSA) is 35.6 Å². The number of nitrogens with one attached hydrogen (secondary N) is 1. The summed E-state index contributed by atoms with van der Waals surface area (Å²) in [5.74, 6) is -0.585. The maximum atomic E-state index is 13.1. The van der Waals surface area contributed by atoms with Gasteiger partial charge in [0.05, 0.1) is 17.3 Å². The van der Waals surface area contributed by atoms with Crippen LogP contribution in [0.15, 0.2) is 42.5 Å². The average Bonchev–Trinajstić information content (AvgIpc) is 2.64. The van der Waals surface area contributed by atoms with Gasteiger partial charge >= 0.3 is 0 Å². The van der Waals surface area contributed by atoms with Crippen molar-refractivity contribution in [3.8, 4) is 0 Å². The Bertz CT molecular complexity index is 810. The van der Waals surface area contributed by atoms with Crippen LogP contribution in [-0.4, -0.2) is 48.4 Å². The molecule has 1 atom stereocenters. The van der Waals surface area contributed by atoms with Crippen LogP contribution >= 0.6 is 23.2 Å². The summed E-state index contributed by atoms with van der Waals surface area (Å²) in [6.07, 6.45) is 0. The molecule has 0 aromatic heterocycles. The van der Waals surface area contributed by atoms with Gasteiger partial charge in [-0.1, -0.05) is 41.4 Å². The molecule has 0 saturated carbocycles. The molecular weight excluding hydrogens is 388 g/mol. The zero-order chi connectivity index (χ0) is 19.4. The summed E-state index contributed by atoms with van der Waals surface area (Å²) in [5.41, 5.74) is 1.55. The Morgan fingerprint density at radius 3 is 2.48 bits per heavy atom. The second-order valence-corrected chi connectivity index (χ2v) is 7.50. The number of piperazine rings is 1. The van der Waals surface area contributed by atoms with E-state index in [2.05, 4.69) is 28.1 Å². The molecule has 1 aliphatic rings. The number of hydrogen-bond acceptors (Lipinski definition) is 3. The molecule has 27 heavy (non-hydrogen) atoms. The van der Waals surface area contributed by atoms with Crippen LogP contribution in [0.3, 0.4) is 0 Å². The van der Waals surface area contributed by atoms with Gasteiger partial charge in [-0.2, -0.15) is 0 Å². The first kappa shape index (κ1) is 20.1. The molecule has 0 spiro atoms. The Morgan fingerprint density at radius 1 is 1.11 bits per heavy atom. The van der Waals surface area contributed by atoms with E-state index in [0.29, 0.717) is 5.69 Å². The molecule has 1 N–H and O–H groups in total. The Labute approximate surface area is 168 Å². The fraction of sp³-hybridized carbons (Fsp3) is 0.350. The van der Waals surface area contributed by atoms with E-state index >= 15 is 0 Å². The second kappa shape index (κ2) is 9.02. The maximum Gasteiger partial charge on any atom is 0.238 e. The summed E-state index contributed by atoms with van der Waals surface area (Å²) in [5, 5.41) is 3.72. The average molecular weight is 410 g/mol. The van der Waals surface area contributed by atoms with E-state index in [1.54, 1.807) is 0 Å². The van der Waals surface area contributed by atoms with Crippen LogP contribution < -0.4 is 5.32 Å². The summed E-state index contributed by atoms with van der Waals surface area (Å²) in [6, 6.07) is 12.1. The van der Waals surface area contributed by atoms with Crippen LogP contribution in [0.5, 0.6) is 0 Å². The molecule has 1 aliphatic heterocycles. The summed E-state index contributed by atoms with van der Waals surface area (Å²) >= 11 is 12.3. The Morgan fingerprint density at radius 2 is 1.81 bits per heavy atom. The largest absolute Gasteiger partial charge is 0.324 e. The van der Waals surface area contributed by atoms with Crippen molar-refractivity contribution in [3.05, 3.63) is 63.9 Å². The van der Waals surface area contributed by atoms with E-state index < -0.39 is 5.82 Å². The Kier molecular flexibility index (Phi) is 6.71. The zero-order valence-electron chi connectivity index (χ0n) is 15.1. The zero-order valence-corrected chi connectivity index (χ0v) is 16.6. The van der Waals surface area contributed by atoms with Gasteiger partial charge in [-0.25, -0.2) is 4.39 Å². The summed E-state index contributed by atoms with van der Waals surface area (Å²) in [4.78, 5) is 16.7. The van der Waals surface area contributed by atoms with Crippen molar-refractivity contribution in [2.75, 3.05) is 38.0 Å². The quantitative estimate of drug-likeness (QED) is 0.791. The van der Waals surface area contributed by atoms with Crippen LogP contribution in [0.2, 0.25) is 10.0 Å². The minimum absolute atomic E-state index is 0.156. The summed E-state index contributed by atoms with van der Waals surface area (Å²) in [7, 11) is 0. The van der Waals surface area contributed by atoms with Crippen LogP contribution in [0.1, 0.15) is 18.5 Å². The van der Waals surface area contributed by atoms with Gasteiger partial charge in [-0.3, -0.25) is 14.6 Å². The van der Waals surface area contributed by atoms with E-state index in [1.165, 1.54) is 18.2 Å². The number of halogens is 3. The van der Waals surface area contributed by atoms with Gasteiger partial charge in [0.1, 0.15) is 5.82 Å². The van der Waals surface area contributed by atoms with E-state index in [-0.39, 0.29) is 23.5 Å². The molecule has 1 saturated heterocycles. The number of hydrogen-bond donors (Lipinski definition) is 1. The van der Waals surface area contributed by atoms with Crippen molar-refractivity contribution in [2.45, 2.75) is 13.0 Å². The highest BCUT2D eigenvalue weighted by Gasteiger charge is 2.24. The maximum absolute atomic E-state index is 13.1. The van der Waals surface area contributed by atoms with E-state index in [0.717, 1.165) is 36.8 Å². The number of rotatable bonds is 5. The lowest BCUT2D eigenvalue weighted by atomic mass is 10.1. The molecule has 2 aromatic carbocycles. The first-order valence-corrected chi connectivity index (χ1v) is 9.65. The van der Waals surface area contributed by atoms with Crippen molar-refractivity contribution in [1.29, 1.82) is 0 Å². The molecule has 0 aliphatic carbocycles. The third-order valence-electron chi connectivity index (χ3n) is 4.88. The highest BCUT2D eigenvalue weighted by atomic mass is 35.5. The molecule has 1 fully saturated rings. The highest BCUT2D eigenvalue weighted by molar-refractivity contribution is 6.33.